The summed E-state index contributed by atoms with van der Waals surface area (Å²) in [5.74, 6) is 0.481. The highest BCUT2D eigenvalue weighted by molar-refractivity contribution is 5.93. The van der Waals surface area contributed by atoms with Gasteiger partial charge in [0.25, 0.3) is 5.91 Å². The van der Waals surface area contributed by atoms with E-state index in [0.717, 1.165) is 22.7 Å². The lowest BCUT2D eigenvalue weighted by molar-refractivity contribution is 0.0939. The van der Waals surface area contributed by atoms with E-state index >= 15 is 0 Å². The van der Waals surface area contributed by atoms with Crippen LogP contribution >= 0.6 is 0 Å². The van der Waals surface area contributed by atoms with Gasteiger partial charge in [-0.1, -0.05) is 30.3 Å². The van der Waals surface area contributed by atoms with Crippen LogP contribution < -0.4 is 10.1 Å². The van der Waals surface area contributed by atoms with E-state index in [-0.39, 0.29) is 19.1 Å². The molecule has 0 unspecified atom stereocenters. The van der Waals surface area contributed by atoms with Crippen LogP contribution in [0.3, 0.4) is 0 Å². The number of carbonyl (C=O) groups excluding carboxylic acids is 1. The summed E-state index contributed by atoms with van der Waals surface area (Å²) in [6.07, 6.45) is 1.61. The van der Waals surface area contributed by atoms with Crippen molar-refractivity contribution in [2.75, 3.05) is 13.2 Å². The molecule has 134 valence electrons. The van der Waals surface area contributed by atoms with Gasteiger partial charge in [-0.3, -0.25) is 4.79 Å². The molecule has 0 aliphatic rings. The molecule has 0 radical (unpaired) electrons. The number of rotatable bonds is 7. The molecule has 0 saturated heterocycles. The van der Waals surface area contributed by atoms with Gasteiger partial charge in [0, 0.05) is 12.2 Å². The predicted molar refractivity (Wildman–Crippen MR) is 98.5 cm³/mol. The SMILES string of the molecule is Cc1c(C(=O)NCCO)ncn1-c1ccc(OCc2ccccc2)cc1. The lowest BCUT2D eigenvalue weighted by Crippen LogP contribution is -2.27. The van der Waals surface area contributed by atoms with E-state index < -0.39 is 0 Å². The minimum Gasteiger partial charge on any atom is -0.489 e. The summed E-state index contributed by atoms with van der Waals surface area (Å²) in [6.45, 7) is 2.45. The zero-order valence-electron chi connectivity index (χ0n) is 14.6. The highest BCUT2D eigenvalue weighted by Gasteiger charge is 2.15. The first-order valence-corrected chi connectivity index (χ1v) is 8.39. The molecule has 0 atom stereocenters. The van der Waals surface area contributed by atoms with Gasteiger partial charge in [-0.2, -0.15) is 0 Å². The molecule has 6 heteroatoms. The molecule has 1 amide bonds. The van der Waals surface area contributed by atoms with Crippen LogP contribution in [0.1, 0.15) is 21.7 Å². The highest BCUT2D eigenvalue weighted by Crippen LogP contribution is 2.19. The van der Waals surface area contributed by atoms with Gasteiger partial charge in [-0.25, -0.2) is 4.98 Å². The van der Waals surface area contributed by atoms with Crippen LogP contribution in [0.25, 0.3) is 5.69 Å². The average Bonchev–Trinajstić information content (AvgIpc) is 3.07. The molecule has 1 aromatic heterocycles. The van der Waals surface area contributed by atoms with Crippen LogP contribution in [0, 0.1) is 6.92 Å². The number of aliphatic hydroxyl groups is 1. The molecule has 6 nitrogen and oxygen atoms in total. The summed E-state index contributed by atoms with van der Waals surface area (Å²) < 4.78 is 7.63. The van der Waals surface area contributed by atoms with Gasteiger partial charge >= 0.3 is 0 Å². The van der Waals surface area contributed by atoms with Crippen molar-refractivity contribution in [2.24, 2.45) is 0 Å². The molecule has 0 saturated carbocycles. The monoisotopic (exact) mass is 351 g/mol. The molecule has 2 aromatic carbocycles. The van der Waals surface area contributed by atoms with E-state index in [0.29, 0.717) is 12.3 Å². The normalized spacial score (nSPS) is 10.5. The Morgan fingerprint density at radius 3 is 2.58 bits per heavy atom. The Morgan fingerprint density at radius 2 is 1.88 bits per heavy atom. The van der Waals surface area contributed by atoms with Gasteiger partial charge in [0.15, 0.2) is 0 Å². The zero-order valence-corrected chi connectivity index (χ0v) is 14.6. The Morgan fingerprint density at radius 1 is 1.15 bits per heavy atom. The van der Waals surface area contributed by atoms with E-state index in [1.807, 2.05) is 66.1 Å². The number of aliphatic hydroxyl groups excluding tert-OH is 1. The van der Waals surface area contributed by atoms with E-state index in [9.17, 15) is 4.79 Å². The van der Waals surface area contributed by atoms with E-state index in [4.69, 9.17) is 9.84 Å². The smallest absolute Gasteiger partial charge is 0.271 e. The third-order valence-electron chi connectivity index (χ3n) is 3.98. The van der Waals surface area contributed by atoms with E-state index in [1.54, 1.807) is 6.33 Å². The number of ether oxygens (including phenoxy) is 1. The second-order valence-corrected chi connectivity index (χ2v) is 5.80. The number of imidazole rings is 1. The van der Waals surface area contributed by atoms with Crippen molar-refractivity contribution < 1.29 is 14.6 Å². The standard InChI is InChI=1S/C20H21N3O3/c1-15-19(20(25)21-11-12-24)22-14-23(15)17-7-9-18(10-8-17)26-13-16-5-3-2-4-6-16/h2-10,14,24H,11-13H2,1H3,(H,21,25). The third kappa shape index (κ3) is 4.10. The number of carbonyl (C=O) groups is 1. The lowest BCUT2D eigenvalue weighted by atomic mass is 10.2. The molecule has 0 spiro atoms. The molecular formula is C20H21N3O3. The molecule has 3 aromatic rings. The lowest BCUT2D eigenvalue weighted by Gasteiger charge is -2.09. The second-order valence-electron chi connectivity index (χ2n) is 5.80. The quantitative estimate of drug-likeness (QED) is 0.686. The molecule has 3 rings (SSSR count). The predicted octanol–water partition coefficient (Wildman–Crippen LogP) is 2.48. The van der Waals surface area contributed by atoms with Crippen LogP contribution in [-0.2, 0) is 6.61 Å². The number of hydrogen-bond donors (Lipinski definition) is 2. The van der Waals surface area contributed by atoms with Gasteiger partial charge in [-0.05, 0) is 36.8 Å². The van der Waals surface area contributed by atoms with Crippen LogP contribution in [0.5, 0.6) is 5.75 Å². The Bertz CT molecular complexity index is 858. The van der Waals surface area contributed by atoms with Gasteiger partial charge in [0.1, 0.15) is 24.4 Å². The molecule has 0 aliphatic carbocycles. The number of benzene rings is 2. The minimum atomic E-state index is -0.293. The zero-order chi connectivity index (χ0) is 18.4. The maximum Gasteiger partial charge on any atom is 0.271 e. The van der Waals surface area contributed by atoms with Crippen LogP contribution in [0.2, 0.25) is 0 Å². The molecule has 1 heterocycles. The topological polar surface area (TPSA) is 76.4 Å². The summed E-state index contributed by atoms with van der Waals surface area (Å²) in [6, 6.07) is 17.6. The molecular weight excluding hydrogens is 330 g/mol. The second kappa shape index (κ2) is 8.31. The molecule has 0 bridgehead atoms. The van der Waals surface area contributed by atoms with Crippen LogP contribution in [0.4, 0.5) is 0 Å². The number of amides is 1. The summed E-state index contributed by atoms with van der Waals surface area (Å²) in [5, 5.41) is 11.4. The fraction of sp³-hybridized carbons (Fsp3) is 0.200. The fourth-order valence-electron chi connectivity index (χ4n) is 2.59. The first-order valence-electron chi connectivity index (χ1n) is 8.39. The van der Waals surface area contributed by atoms with Crippen molar-refractivity contribution in [3.05, 3.63) is 77.9 Å². The summed E-state index contributed by atoms with van der Waals surface area (Å²) in [4.78, 5) is 16.2. The van der Waals surface area contributed by atoms with Crippen molar-refractivity contribution in [3.8, 4) is 11.4 Å². The minimum absolute atomic E-state index is 0.101. The van der Waals surface area contributed by atoms with Gasteiger partial charge in [0.2, 0.25) is 0 Å². The number of hydrogen-bond acceptors (Lipinski definition) is 4. The largest absolute Gasteiger partial charge is 0.489 e. The highest BCUT2D eigenvalue weighted by atomic mass is 16.5. The van der Waals surface area contributed by atoms with Gasteiger partial charge in [0.05, 0.1) is 12.3 Å². The fourth-order valence-corrected chi connectivity index (χ4v) is 2.59. The Hall–Kier alpha value is -3.12. The Kier molecular flexibility index (Phi) is 5.66. The average molecular weight is 351 g/mol. The van der Waals surface area contributed by atoms with Crippen molar-refractivity contribution in [1.29, 1.82) is 0 Å². The molecule has 0 fully saturated rings. The van der Waals surface area contributed by atoms with Gasteiger partial charge in [-0.15, -0.1) is 0 Å². The molecule has 26 heavy (non-hydrogen) atoms. The first kappa shape index (κ1) is 17.7. The van der Waals surface area contributed by atoms with Crippen molar-refractivity contribution >= 4 is 5.91 Å². The summed E-state index contributed by atoms with van der Waals surface area (Å²) >= 11 is 0. The molecule has 0 aliphatic heterocycles. The maximum atomic E-state index is 12.0. The number of nitrogens with one attached hydrogen (secondary N) is 1. The van der Waals surface area contributed by atoms with Crippen molar-refractivity contribution in [3.63, 3.8) is 0 Å². The number of nitrogens with zero attached hydrogens (tertiary/aromatic N) is 2. The van der Waals surface area contributed by atoms with Crippen molar-refractivity contribution in [2.45, 2.75) is 13.5 Å². The van der Waals surface area contributed by atoms with Gasteiger partial charge < -0.3 is 19.7 Å². The summed E-state index contributed by atoms with van der Waals surface area (Å²) in [7, 11) is 0. The number of aromatic nitrogens is 2. The van der Waals surface area contributed by atoms with Crippen molar-refractivity contribution in [1.82, 2.24) is 14.9 Å². The van der Waals surface area contributed by atoms with E-state index in [1.165, 1.54) is 0 Å². The third-order valence-corrected chi connectivity index (χ3v) is 3.98. The van der Waals surface area contributed by atoms with Crippen LogP contribution in [0.15, 0.2) is 60.9 Å². The van der Waals surface area contributed by atoms with E-state index in [2.05, 4.69) is 10.3 Å². The maximum absolute atomic E-state index is 12.0. The first-order chi connectivity index (χ1) is 12.7. The van der Waals surface area contributed by atoms with Crippen LogP contribution in [-0.4, -0.2) is 33.7 Å². The summed E-state index contributed by atoms with van der Waals surface area (Å²) in [5.41, 5.74) is 3.09. The molecule has 2 N–H and O–H groups in total. The Labute approximate surface area is 152 Å². The Balaban J connectivity index is 1.69.